The number of carboxylic acid groups (broad SMARTS) is 1. The molecule has 1 aromatic heterocycles. The van der Waals surface area contributed by atoms with Crippen molar-refractivity contribution in [2.45, 2.75) is 0 Å². The molecule has 0 saturated carbocycles. The first-order chi connectivity index (χ1) is 13.4. The van der Waals surface area contributed by atoms with Gasteiger partial charge >= 0.3 is 5.97 Å². The fourth-order valence-corrected chi connectivity index (χ4v) is 4.21. The number of anilines is 1. The van der Waals surface area contributed by atoms with Gasteiger partial charge in [-0.1, -0.05) is 24.3 Å². The van der Waals surface area contributed by atoms with Gasteiger partial charge in [-0.25, -0.2) is 9.69 Å². The lowest BCUT2D eigenvalue weighted by Crippen LogP contribution is -2.30. The van der Waals surface area contributed by atoms with Gasteiger partial charge in [0.05, 0.1) is 11.1 Å². The van der Waals surface area contributed by atoms with E-state index in [4.69, 9.17) is 5.73 Å². The highest BCUT2D eigenvalue weighted by Crippen LogP contribution is 2.41. The fraction of sp³-hybridized carbons (Fsp3) is 0. The van der Waals surface area contributed by atoms with E-state index in [1.807, 2.05) is 0 Å². The zero-order valence-electron chi connectivity index (χ0n) is 14.2. The van der Waals surface area contributed by atoms with E-state index in [-0.39, 0.29) is 27.3 Å². The highest BCUT2D eigenvalue weighted by molar-refractivity contribution is 7.15. The van der Waals surface area contributed by atoms with Gasteiger partial charge in [0.2, 0.25) is 5.91 Å². The second-order valence-corrected chi connectivity index (χ2v) is 6.93. The molecular formula is C20H12N2O5S. The van der Waals surface area contributed by atoms with Crippen LogP contribution in [0.2, 0.25) is 0 Å². The standard InChI is InChI=1S/C20H12N2O5S/c21-16(23)11-5-3-4-10(8-11)14-9-28-19(15(14)20(26)27)22-17(24)12-6-1-2-7-13(12)18(22)25/h1-9H,(H2,21,23)(H,26,27). The SMILES string of the molecule is NC(=O)c1cccc(-c2csc(N3C(=O)c4ccccc4C3=O)c2C(=O)O)c1. The number of carbonyl (C=O) groups excluding carboxylic acids is 3. The van der Waals surface area contributed by atoms with Crippen LogP contribution >= 0.6 is 11.3 Å². The Morgan fingerprint density at radius 1 is 0.929 bits per heavy atom. The van der Waals surface area contributed by atoms with E-state index in [0.717, 1.165) is 16.2 Å². The van der Waals surface area contributed by atoms with Crippen molar-refractivity contribution < 1.29 is 24.3 Å². The molecule has 2 aromatic carbocycles. The van der Waals surface area contributed by atoms with Crippen LogP contribution in [0.1, 0.15) is 41.4 Å². The predicted octanol–water partition coefficient (Wildman–Crippen LogP) is 3.01. The third-order valence-corrected chi connectivity index (χ3v) is 5.40. The van der Waals surface area contributed by atoms with Crippen LogP contribution in [0.5, 0.6) is 0 Å². The molecule has 0 saturated heterocycles. The molecule has 0 unspecified atom stereocenters. The zero-order chi connectivity index (χ0) is 20.0. The summed E-state index contributed by atoms with van der Waals surface area (Å²) in [6.45, 7) is 0. The molecule has 138 valence electrons. The number of primary amides is 1. The molecular weight excluding hydrogens is 380 g/mol. The number of carboxylic acids is 1. The molecule has 0 fully saturated rings. The number of thiophene rings is 1. The normalized spacial score (nSPS) is 12.9. The molecule has 1 aliphatic heterocycles. The van der Waals surface area contributed by atoms with Gasteiger partial charge in [-0.3, -0.25) is 14.4 Å². The molecule has 1 aliphatic rings. The molecule has 0 atom stereocenters. The van der Waals surface area contributed by atoms with E-state index in [2.05, 4.69) is 0 Å². The van der Waals surface area contributed by atoms with Crippen LogP contribution in [-0.2, 0) is 0 Å². The largest absolute Gasteiger partial charge is 0.478 e. The van der Waals surface area contributed by atoms with Crippen LogP contribution in [0, 0.1) is 0 Å². The topological polar surface area (TPSA) is 118 Å². The number of fused-ring (bicyclic) bond motifs is 1. The summed E-state index contributed by atoms with van der Waals surface area (Å²) in [6, 6.07) is 12.5. The van der Waals surface area contributed by atoms with Crippen LogP contribution in [0.3, 0.4) is 0 Å². The van der Waals surface area contributed by atoms with Gasteiger partial charge in [0.1, 0.15) is 10.6 Å². The van der Waals surface area contributed by atoms with Crippen LogP contribution < -0.4 is 10.6 Å². The van der Waals surface area contributed by atoms with Gasteiger partial charge in [0.15, 0.2) is 0 Å². The molecule has 28 heavy (non-hydrogen) atoms. The Morgan fingerprint density at radius 3 is 2.14 bits per heavy atom. The number of aromatic carboxylic acids is 1. The molecule has 3 N–H and O–H groups in total. The van der Waals surface area contributed by atoms with Crippen molar-refractivity contribution in [2.24, 2.45) is 5.73 Å². The third-order valence-electron chi connectivity index (χ3n) is 4.44. The summed E-state index contributed by atoms with van der Waals surface area (Å²) < 4.78 is 0. The maximum atomic E-state index is 12.7. The molecule has 2 heterocycles. The van der Waals surface area contributed by atoms with E-state index in [1.165, 1.54) is 24.3 Å². The summed E-state index contributed by atoms with van der Waals surface area (Å²) in [4.78, 5) is 49.8. The maximum Gasteiger partial charge on any atom is 0.339 e. The van der Waals surface area contributed by atoms with E-state index in [9.17, 15) is 24.3 Å². The Bertz CT molecular complexity index is 1150. The number of nitrogens with zero attached hydrogens (tertiary/aromatic N) is 1. The zero-order valence-corrected chi connectivity index (χ0v) is 15.0. The Labute approximate surface area is 162 Å². The van der Waals surface area contributed by atoms with Crippen LogP contribution in [0.4, 0.5) is 5.00 Å². The van der Waals surface area contributed by atoms with Gasteiger partial charge in [0.25, 0.3) is 11.8 Å². The quantitative estimate of drug-likeness (QED) is 0.662. The minimum absolute atomic E-state index is 0.0261. The van der Waals surface area contributed by atoms with Crippen molar-refractivity contribution >= 4 is 40.0 Å². The second-order valence-electron chi connectivity index (χ2n) is 6.07. The number of benzene rings is 2. The first kappa shape index (κ1) is 17.6. The molecule has 3 amide bonds. The summed E-state index contributed by atoms with van der Waals surface area (Å²) in [5, 5.41) is 11.4. The molecule has 3 aromatic rings. The lowest BCUT2D eigenvalue weighted by Gasteiger charge is -2.13. The molecule has 0 aliphatic carbocycles. The highest BCUT2D eigenvalue weighted by atomic mass is 32.1. The molecule has 0 spiro atoms. The van der Waals surface area contributed by atoms with Crippen LogP contribution in [0.25, 0.3) is 11.1 Å². The second kappa shape index (κ2) is 6.43. The van der Waals surface area contributed by atoms with Crippen molar-refractivity contribution in [3.63, 3.8) is 0 Å². The fourth-order valence-electron chi connectivity index (χ4n) is 3.15. The summed E-state index contributed by atoms with van der Waals surface area (Å²) in [7, 11) is 0. The Hall–Kier alpha value is -3.78. The Kier molecular flexibility index (Phi) is 4.05. The molecule has 7 nitrogen and oxygen atoms in total. The first-order valence-corrected chi connectivity index (χ1v) is 9.01. The lowest BCUT2D eigenvalue weighted by atomic mass is 10.0. The summed E-state index contributed by atoms with van der Waals surface area (Å²) >= 11 is 0.976. The molecule has 8 heteroatoms. The van der Waals surface area contributed by atoms with E-state index >= 15 is 0 Å². The number of hydrogen-bond acceptors (Lipinski definition) is 5. The van der Waals surface area contributed by atoms with Crippen molar-refractivity contribution in [3.8, 4) is 11.1 Å². The van der Waals surface area contributed by atoms with Crippen LogP contribution in [-0.4, -0.2) is 28.8 Å². The number of imide groups is 1. The van der Waals surface area contributed by atoms with Gasteiger partial charge in [-0.2, -0.15) is 0 Å². The smallest absolute Gasteiger partial charge is 0.339 e. The predicted molar refractivity (Wildman–Crippen MR) is 103 cm³/mol. The van der Waals surface area contributed by atoms with Gasteiger partial charge < -0.3 is 10.8 Å². The highest BCUT2D eigenvalue weighted by Gasteiger charge is 2.39. The molecule has 4 rings (SSSR count). The third kappa shape index (κ3) is 2.58. The van der Waals surface area contributed by atoms with Gasteiger partial charge in [-0.15, -0.1) is 11.3 Å². The summed E-state index contributed by atoms with van der Waals surface area (Å²) in [6.07, 6.45) is 0. The maximum absolute atomic E-state index is 12.7. The number of carbonyl (C=O) groups is 4. The van der Waals surface area contributed by atoms with E-state index < -0.39 is 23.7 Å². The first-order valence-electron chi connectivity index (χ1n) is 8.13. The summed E-state index contributed by atoms with van der Waals surface area (Å²) in [5.74, 6) is -3.06. The molecule has 0 bridgehead atoms. The Balaban J connectivity index is 1.87. The van der Waals surface area contributed by atoms with Crippen molar-refractivity contribution in [1.82, 2.24) is 0 Å². The minimum atomic E-state index is -1.28. The monoisotopic (exact) mass is 392 g/mol. The van der Waals surface area contributed by atoms with E-state index in [1.54, 1.807) is 29.6 Å². The van der Waals surface area contributed by atoms with Gasteiger partial charge in [0, 0.05) is 16.5 Å². The van der Waals surface area contributed by atoms with Crippen molar-refractivity contribution in [3.05, 3.63) is 76.2 Å². The number of rotatable bonds is 4. The average molecular weight is 392 g/mol. The number of nitrogens with two attached hydrogens (primary N) is 1. The minimum Gasteiger partial charge on any atom is -0.478 e. The van der Waals surface area contributed by atoms with E-state index in [0.29, 0.717) is 11.1 Å². The summed E-state index contributed by atoms with van der Waals surface area (Å²) in [5.41, 5.74) is 6.56. The number of hydrogen-bond donors (Lipinski definition) is 2. The van der Waals surface area contributed by atoms with Gasteiger partial charge in [-0.05, 0) is 29.8 Å². The number of amides is 3. The Morgan fingerprint density at radius 2 is 1.57 bits per heavy atom. The van der Waals surface area contributed by atoms with Crippen molar-refractivity contribution in [1.29, 1.82) is 0 Å². The lowest BCUT2D eigenvalue weighted by molar-refractivity contribution is 0.0699. The average Bonchev–Trinajstić information content (AvgIpc) is 3.22. The van der Waals surface area contributed by atoms with Crippen molar-refractivity contribution in [2.75, 3.05) is 4.90 Å². The van der Waals surface area contributed by atoms with Crippen LogP contribution in [0.15, 0.2) is 53.9 Å². The molecule has 0 radical (unpaired) electrons.